The molecule has 0 aromatic rings. The SMILES string of the molecule is C/C(=C/C(=O)[O-])C(=O)[O-].C1CC[NH2+]CC1.C1CC[NH2+]CC1. The van der Waals surface area contributed by atoms with Gasteiger partial charge in [0.05, 0.1) is 38.1 Å². The van der Waals surface area contributed by atoms with Gasteiger partial charge in [-0.25, -0.2) is 0 Å². The average molecular weight is 300 g/mol. The molecule has 0 aromatic carbocycles. The minimum absolute atomic E-state index is 0.352. The van der Waals surface area contributed by atoms with Crippen LogP contribution in [0.2, 0.25) is 0 Å². The molecule has 2 heterocycles. The standard InChI is InChI=1S/2C5H11N.C5H6O4/c2*1-2-4-6-5-3-1;1-3(5(8)9)2-4(6)7/h2*6H,1-5H2;2H,1H3,(H,6,7)(H,8,9)/b;;3-2-. The maximum atomic E-state index is 9.76. The van der Waals surface area contributed by atoms with Crippen molar-refractivity contribution in [3.05, 3.63) is 11.6 Å². The number of carbonyl (C=O) groups excluding carboxylic acids is 2. The van der Waals surface area contributed by atoms with E-state index >= 15 is 0 Å². The van der Waals surface area contributed by atoms with Crippen molar-refractivity contribution in [2.75, 3.05) is 26.2 Å². The number of carbonyl (C=O) groups is 2. The van der Waals surface area contributed by atoms with Crippen molar-refractivity contribution in [3.8, 4) is 0 Å². The Morgan fingerprint density at radius 3 is 1.29 bits per heavy atom. The molecule has 0 spiro atoms. The second-order valence-electron chi connectivity index (χ2n) is 5.29. The summed E-state index contributed by atoms with van der Waals surface area (Å²) in [4.78, 5) is 19.4. The largest absolute Gasteiger partial charge is 0.545 e. The van der Waals surface area contributed by atoms with E-state index in [9.17, 15) is 19.8 Å². The van der Waals surface area contributed by atoms with E-state index < -0.39 is 11.9 Å². The Morgan fingerprint density at radius 1 is 0.810 bits per heavy atom. The third kappa shape index (κ3) is 14.8. The van der Waals surface area contributed by atoms with Gasteiger partial charge < -0.3 is 30.4 Å². The molecule has 0 atom stereocenters. The predicted octanol–water partition coefficient (Wildman–Crippen LogP) is -3.10. The summed E-state index contributed by atoms with van der Waals surface area (Å²) in [5.41, 5.74) is -0.352. The summed E-state index contributed by atoms with van der Waals surface area (Å²) in [5, 5.41) is 24.2. The van der Waals surface area contributed by atoms with Gasteiger partial charge in [-0.1, -0.05) is 0 Å². The highest BCUT2D eigenvalue weighted by molar-refractivity contribution is 5.92. The van der Waals surface area contributed by atoms with Gasteiger partial charge in [0.25, 0.3) is 0 Å². The molecule has 2 rings (SSSR count). The summed E-state index contributed by atoms with van der Waals surface area (Å²) in [6.45, 7) is 6.62. The lowest BCUT2D eigenvalue weighted by molar-refractivity contribution is -0.662. The van der Waals surface area contributed by atoms with Crippen LogP contribution in [0, 0.1) is 0 Å². The molecule has 0 amide bonds. The summed E-state index contributed by atoms with van der Waals surface area (Å²) in [6.07, 6.45) is 9.18. The van der Waals surface area contributed by atoms with E-state index in [4.69, 9.17) is 0 Å². The average Bonchev–Trinajstić information content (AvgIpc) is 2.51. The Bertz CT molecular complexity index is 287. The number of hydrogen-bond acceptors (Lipinski definition) is 4. The maximum absolute atomic E-state index is 9.76. The summed E-state index contributed by atoms with van der Waals surface area (Å²) in [5.74, 6) is -3.03. The predicted molar refractivity (Wildman–Crippen MR) is 74.8 cm³/mol. The fraction of sp³-hybridized carbons (Fsp3) is 0.733. The summed E-state index contributed by atoms with van der Waals surface area (Å²) in [6, 6.07) is 0. The molecule has 6 heteroatoms. The van der Waals surface area contributed by atoms with E-state index in [2.05, 4.69) is 10.6 Å². The minimum atomic E-state index is -1.53. The van der Waals surface area contributed by atoms with Crippen LogP contribution in [0.1, 0.15) is 45.4 Å². The highest BCUT2D eigenvalue weighted by atomic mass is 16.4. The first kappa shape index (κ1) is 19.6. The molecule has 21 heavy (non-hydrogen) atoms. The van der Waals surface area contributed by atoms with E-state index in [1.165, 1.54) is 64.7 Å². The van der Waals surface area contributed by atoms with Crippen molar-refractivity contribution in [1.82, 2.24) is 0 Å². The van der Waals surface area contributed by atoms with Crippen LogP contribution in [0.3, 0.4) is 0 Å². The minimum Gasteiger partial charge on any atom is -0.545 e. The van der Waals surface area contributed by atoms with Crippen molar-refractivity contribution >= 4 is 11.9 Å². The zero-order valence-electron chi connectivity index (χ0n) is 12.9. The number of hydrogen-bond donors (Lipinski definition) is 2. The Hall–Kier alpha value is -1.40. The topological polar surface area (TPSA) is 113 Å². The normalized spacial score (nSPS) is 18.4. The van der Waals surface area contributed by atoms with Gasteiger partial charge in [-0.15, -0.1) is 0 Å². The lowest BCUT2D eigenvalue weighted by Crippen LogP contribution is -2.85. The molecule has 0 saturated carbocycles. The Labute approximate surface area is 126 Å². The monoisotopic (exact) mass is 300 g/mol. The fourth-order valence-corrected chi connectivity index (χ4v) is 2.03. The van der Waals surface area contributed by atoms with Gasteiger partial charge in [-0.2, -0.15) is 0 Å². The number of piperidine rings is 2. The van der Waals surface area contributed by atoms with Gasteiger partial charge in [0.1, 0.15) is 0 Å². The highest BCUT2D eigenvalue weighted by Gasteiger charge is 1.98. The molecule has 4 N–H and O–H groups in total. The highest BCUT2D eigenvalue weighted by Crippen LogP contribution is 1.92. The summed E-state index contributed by atoms with van der Waals surface area (Å²) < 4.78 is 0. The van der Waals surface area contributed by atoms with Gasteiger partial charge >= 0.3 is 0 Å². The molecule has 0 radical (unpaired) electrons. The van der Waals surface area contributed by atoms with Gasteiger partial charge in [0, 0.05) is 0 Å². The lowest BCUT2D eigenvalue weighted by Gasteiger charge is -2.05. The van der Waals surface area contributed by atoms with Gasteiger partial charge in [0.2, 0.25) is 0 Å². The first-order valence-corrected chi connectivity index (χ1v) is 7.78. The van der Waals surface area contributed by atoms with E-state index in [0.717, 1.165) is 6.92 Å². The van der Waals surface area contributed by atoms with Crippen LogP contribution in [-0.2, 0) is 9.59 Å². The molecule has 2 aliphatic rings. The number of carboxylic acid groups (broad SMARTS) is 2. The van der Waals surface area contributed by atoms with E-state index in [1.54, 1.807) is 0 Å². The van der Waals surface area contributed by atoms with E-state index in [-0.39, 0.29) is 5.57 Å². The zero-order chi connectivity index (χ0) is 15.9. The summed E-state index contributed by atoms with van der Waals surface area (Å²) >= 11 is 0. The molecule has 122 valence electrons. The third-order valence-corrected chi connectivity index (χ3v) is 3.29. The van der Waals surface area contributed by atoms with Crippen molar-refractivity contribution in [3.63, 3.8) is 0 Å². The maximum Gasteiger partial charge on any atom is 0.0755 e. The zero-order valence-corrected chi connectivity index (χ0v) is 12.9. The lowest BCUT2D eigenvalue weighted by atomic mass is 10.2. The smallest absolute Gasteiger partial charge is 0.0755 e. The molecule has 0 unspecified atom stereocenters. The molecule has 6 nitrogen and oxygen atoms in total. The van der Waals surface area contributed by atoms with Crippen molar-refractivity contribution < 1.29 is 30.4 Å². The molecule has 0 bridgehead atoms. The number of carboxylic acids is 2. The van der Waals surface area contributed by atoms with Crippen molar-refractivity contribution in [1.29, 1.82) is 0 Å². The quantitative estimate of drug-likeness (QED) is 0.526. The second-order valence-corrected chi connectivity index (χ2v) is 5.29. The molecular weight excluding hydrogens is 272 g/mol. The van der Waals surface area contributed by atoms with Gasteiger partial charge in [-0.05, 0) is 57.1 Å². The van der Waals surface area contributed by atoms with Crippen molar-refractivity contribution in [2.45, 2.75) is 45.4 Å². The van der Waals surface area contributed by atoms with E-state index in [1.807, 2.05) is 0 Å². The molecular formula is C15H28N2O4. The van der Waals surface area contributed by atoms with Crippen LogP contribution in [0.25, 0.3) is 0 Å². The molecule has 0 aliphatic carbocycles. The number of nitrogens with two attached hydrogens (primary N) is 2. The number of aliphatic carboxylic acids is 2. The number of rotatable bonds is 2. The Balaban J connectivity index is 0.000000293. The first-order valence-electron chi connectivity index (χ1n) is 7.78. The molecule has 2 fully saturated rings. The Morgan fingerprint density at radius 2 is 1.19 bits per heavy atom. The van der Waals surface area contributed by atoms with Crippen LogP contribution in [0.5, 0.6) is 0 Å². The molecule has 2 aliphatic heterocycles. The fourth-order valence-electron chi connectivity index (χ4n) is 2.03. The van der Waals surface area contributed by atoms with Crippen LogP contribution in [-0.4, -0.2) is 38.1 Å². The molecule has 2 saturated heterocycles. The van der Waals surface area contributed by atoms with Crippen LogP contribution in [0.15, 0.2) is 11.6 Å². The Kier molecular flexibility index (Phi) is 12.7. The third-order valence-electron chi connectivity index (χ3n) is 3.29. The second kappa shape index (κ2) is 13.6. The summed E-state index contributed by atoms with van der Waals surface area (Å²) in [7, 11) is 0. The van der Waals surface area contributed by atoms with E-state index in [0.29, 0.717) is 6.08 Å². The van der Waals surface area contributed by atoms with Crippen LogP contribution in [0.4, 0.5) is 0 Å². The van der Waals surface area contributed by atoms with Crippen molar-refractivity contribution in [2.24, 2.45) is 0 Å². The van der Waals surface area contributed by atoms with Gasteiger partial charge in [0.15, 0.2) is 0 Å². The van der Waals surface area contributed by atoms with Crippen LogP contribution >= 0.6 is 0 Å². The number of quaternary nitrogens is 2. The van der Waals surface area contributed by atoms with Gasteiger partial charge in [-0.3, -0.25) is 0 Å². The first-order chi connectivity index (χ1) is 10.0. The molecule has 0 aromatic heterocycles. The van der Waals surface area contributed by atoms with Crippen LogP contribution < -0.4 is 20.8 Å².